The Labute approximate surface area is 465 Å². The van der Waals surface area contributed by atoms with Crippen molar-refractivity contribution in [3.05, 3.63) is 173 Å². The van der Waals surface area contributed by atoms with Gasteiger partial charge in [-0.1, -0.05) is 191 Å². The third kappa shape index (κ3) is 10.8. The number of benzene rings is 4. The number of aromatic nitrogens is 4. The Morgan fingerprint density at radius 3 is 1.03 bits per heavy atom. The smallest absolute Gasteiger partial charge is 0.297 e. The Kier molecular flexibility index (Phi) is 13.6. The molecular weight excluding hydrogens is 1050 g/mol. The van der Waals surface area contributed by atoms with E-state index in [1.807, 2.05) is 0 Å². The van der Waals surface area contributed by atoms with Crippen LogP contribution >= 0.6 is 22.6 Å². The molecule has 7 nitrogen and oxygen atoms in total. The third-order valence-corrected chi connectivity index (χ3v) is 15.8. The van der Waals surface area contributed by atoms with Crippen LogP contribution < -0.4 is 0 Å². The summed E-state index contributed by atoms with van der Waals surface area (Å²) in [6.45, 7) is 40.4. The fourth-order valence-corrected chi connectivity index (χ4v) is 10.5. The van der Waals surface area contributed by atoms with Gasteiger partial charge in [0.1, 0.15) is 0 Å². The second kappa shape index (κ2) is 19.0. The summed E-state index contributed by atoms with van der Waals surface area (Å²) in [5.41, 5.74) is 18.6. The Morgan fingerprint density at radius 1 is 0.395 bits per heavy atom. The number of hydrogen-bond acceptors (Lipinski definition) is 4. The van der Waals surface area contributed by atoms with Crippen molar-refractivity contribution in [2.24, 2.45) is 0 Å². The summed E-state index contributed by atoms with van der Waals surface area (Å²) in [6, 6.07) is 37.5. The molecule has 0 saturated carbocycles. The lowest BCUT2D eigenvalue weighted by Gasteiger charge is -2.26. The van der Waals surface area contributed by atoms with E-state index in [1.165, 1.54) is 11.1 Å². The van der Waals surface area contributed by atoms with Gasteiger partial charge in [-0.25, -0.2) is 9.97 Å². The number of halogens is 1. The molecule has 0 amide bonds. The molecule has 0 unspecified atom stereocenters. The molecule has 8 heteroatoms. The van der Waals surface area contributed by atoms with Crippen LogP contribution in [-0.4, -0.2) is 24.9 Å². The van der Waals surface area contributed by atoms with Crippen LogP contribution in [0.4, 0.5) is 0 Å². The number of nitro groups is 1. The van der Waals surface area contributed by atoms with Gasteiger partial charge in [0.05, 0.1) is 22.0 Å². The summed E-state index contributed by atoms with van der Waals surface area (Å²) in [5, 5.41) is 13.9. The van der Waals surface area contributed by atoms with Crippen molar-refractivity contribution in [2.75, 3.05) is 0 Å². The Hall–Kier alpha value is -6.39. The van der Waals surface area contributed by atoms with Crippen LogP contribution in [0.3, 0.4) is 0 Å². The van der Waals surface area contributed by atoms with Gasteiger partial charge in [0.15, 0.2) is 5.69 Å². The van der Waals surface area contributed by atoms with E-state index >= 15 is 0 Å². The number of rotatable bonds is 5. The van der Waals surface area contributed by atoms with E-state index in [0.717, 1.165) is 92.7 Å². The summed E-state index contributed by atoms with van der Waals surface area (Å²) in [5.74, 6) is 0. The fourth-order valence-electron chi connectivity index (χ4n) is 10.1. The Bertz CT molecular complexity index is 3630. The molecule has 0 aliphatic carbocycles. The number of H-pyrrole nitrogens is 2. The summed E-state index contributed by atoms with van der Waals surface area (Å²) in [4.78, 5) is 32.7. The molecule has 392 valence electrons. The predicted octanol–water partition coefficient (Wildman–Crippen LogP) is 19.3. The van der Waals surface area contributed by atoms with Gasteiger partial charge in [0, 0.05) is 54.0 Å². The minimum Gasteiger partial charge on any atom is -0.354 e. The van der Waals surface area contributed by atoms with E-state index in [0.29, 0.717) is 22.5 Å². The molecule has 9 rings (SSSR count). The van der Waals surface area contributed by atoms with Gasteiger partial charge in [-0.3, -0.25) is 10.1 Å². The molecule has 5 heterocycles. The Morgan fingerprint density at radius 2 is 0.697 bits per heavy atom. The average Bonchev–Trinajstić information content (AvgIpc) is 4.15. The SMILES string of the molecule is CC(C)(C)c1cc(-c2c3nc(c(-c4ccc(I)cc4)c4ccc([nH]4)c(-c4cc(C(C)(C)C)cc(C(C)(C)C)c4)c4nc(c(-c5cc(C(C)(C)C)cc(C(C)(C)C)c5)c5ccc2[nH]5)C=C4[N+](=O)[O-])C=C3)cc(C(C)(C)C)c1. The van der Waals surface area contributed by atoms with Gasteiger partial charge in [-0.15, -0.1) is 0 Å². The fraction of sp³-hybridized carbons (Fsp3) is 0.353. The summed E-state index contributed by atoms with van der Waals surface area (Å²) < 4.78 is 1.12. The van der Waals surface area contributed by atoms with Gasteiger partial charge < -0.3 is 9.97 Å². The van der Waals surface area contributed by atoms with Crippen LogP contribution in [-0.2, 0) is 32.5 Å². The maximum absolute atomic E-state index is 13.9. The molecule has 3 aromatic heterocycles. The maximum atomic E-state index is 13.9. The molecule has 76 heavy (non-hydrogen) atoms. The number of hydrogen-bond donors (Lipinski definition) is 2. The molecule has 7 aromatic rings. The molecule has 2 aliphatic heterocycles. The molecule has 0 radical (unpaired) electrons. The summed E-state index contributed by atoms with van der Waals surface area (Å²) in [6.07, 6.45) is 5.99. The molecule has 0 spiro atoms. The van der Waals surface area contributed by atoms with E-state index in [-0.39, 0.29) is 43.1 Å². The first kappa shape index (κ1) is 54.4. The van der Waals surface area contributed by atoms with E-state index < -0.39 is 0 Å². The van der Waals surface area contributed by atoms with Crippen LogP contribution in [0.5, 0.6) is 0 Å². The number of nitrogens with zero attached hydrogens (tertiary/aromatic N) is 3. The quantitative estimate of drug-likeness (QED) is 0.102. The summed E-state index contributed by atoms with van der Waals surface area (Å²) >= 11 is 2.36. The van der Waals surface area contributed by atoms with Crippen LogP contribution in [0.25, 0.3) is 90.5 Å². The molecule has 0 atom stereocenters. The van der Waals surface area contributed by atoms with Gasteiger partial charge in [-0.2, -0.15) is 0 Å². The zero-order chi connectivity index (χ0) is 55.4. The highest BCUT2D eigenvalue weighted by Crippen LogP contribution is 2.45. The van der Waals surface area contributed by atoms with Crippen molar-refractivity contribution in [1.82, 2.24) is 19.9 Å². The van der Waals surface area contributed by atoms with Crippen molar-refractivity contribution >= 4 is 68.6 Å². The topological polar surface area (TPSA) is 100 Å². The van der Waals surface area contributed by atoms with E-state index in [2.05, 4.69) is 272 Å². The van der Waals surface area contributed by atoms with Gasteiger partial charge in [-0.05, 0) is 159 Å². The van der Waals surface area contributed by atoms with Gasteiger partial charge in [0.25, 0.3) is 5.70 Å². The van der Waals surface area contributed by atoms with Gasteiger partial charge in [0.2, 0.25) is 0 Å². The lowest BCUT2D eigenvalue weighted by Crippen LogP contribution is -2.16. The number of nitrogens with one attached hydrogen (secondary N) is 2. The van der Waals surface area contributed by atoms with E-state index in [1.54, 1.807) is 6.08 Å². The zero-order valence-electron chi connectivity index (χ0n) is 48.1. The van der Waals surface area contributed by atoms with E-state index in [4.69, 9.17) is 9.97 Å². The lowest BCUT2D eigenvalue weighted by molar-refractivity contribution is -0.374. The Balaban J connectivity index is 1.57. The second-order valence-electron chi connectivity index (χ2n) is 27.3. The minimum atomic E-state index is -0.259. The molecule has 4 aromatic carbocycles. The molecule has 8 bridgehead atoms. The normalized spacial score (nSPS) is 13.6. The standard InChI is InChI=1S/C68H76IN5O2/c1-63(2,3)43-29-40(30-44(35-43)64(4,5)6)59-52-24-23-50(70-52)58(39-19-21-49(69)22-20-39)51-27-28-55(72-51)61(42-33-47(67(13,14)15)37-48(34-42)68(16,17)18)62-57(74(75)76)38-56(73-62)60(54-26-25-53(59)71-54)41-31-45(65(7,8)9)36-46(32-41)66(10,11)12/h19-38,71-72H,1-18H3. The van der Waals surface area contributed by atoms with Crippen LogP contribution in [0.2, 0.25) is 0 Å². The number of fused-ring (bicyclic) bond motifs is 8. The van der Waals surface area contributed by atoms with Crippen molar-refractivity contribution in [2.45, 2.75) is 157 Å². The van der Waals surface area contributed by atoms with Crippen LogP contribution in [0, 0.1) is 13.7 Å². The predicted molar refractivity (Wildman–Crippen MR) is 331 cm³/mol. The van der Waals surface area contributed by atoms with Crippen LogP contribution in [0.1, 0.15) is 181 Å². The first-order valence-electron chi connectivity index (χ1n) is 26.7. The monoisotopic (exact) mass is 1120 g/mol. The molecule has 0 fully saturated rings. The molecule has 0 saturated heterocycles. The molecular formula is C68H76IN5O2. The minimum absolute atomic E-state index is 0.0686. The maximum Gasteiger partial charge on any atom is 0.297 e. The highest BCUT2D eigenvalue weighted by Gasteiger charge is 2.32. The highest BCUT2D eigenvalue weighted by molar-refractivity contribution is 14.1. The van der Waals surface area contributed by atoms with Crippen molar-refractivity contribution in [3.8, 4) is 44.5 Å². The van der Waals surface area contributed by atoms with Crippen molar-refractivity contribution in [1.29, 1.82) is 0 Å². The van der Waals surface area contributed by atoms with Crippen LogP contribution in [0.15, 0.2) is 103 Å². The van der Waals surface area contributed by atoms with Gasteiger partial charge >= 0.3 is 0 Å². The molecule has 2 aliphatic rings. The number of aromatic amines is 2. The lowest BCUT2D eigenvalue weighted by atomic mass is 9.78. The van der Waals surface area contributed by atoms with Crippen molar-refractivity contribution in [3.63, 3.8) is 0 Å². The first-order valence-corrected chi connectivity index (χ1v) is 27.8. The average molecular weight is 1120 g/mol. The summed E-state index contributed by atoms with van der Waals surface area (Å²) in [7, 11) is 0. The molecule has 2 N–H and O–H groups in total. The zero-order valence-corrected chi connectivity index (χ0v) is 50.2. The largest absolute Gasteiger partial charge is 0.354 e. The van der Waals surface area contributed by atoms with E-state index in [9.17, 15) is 10.1 Å². The third-order valence-electron chi connectivity index (χ3n) is 15.0. The second-order valence-corrected chi connectivity index (χ2v) is 28.6. The first-order chi connectivity index (χ1) is 35.1. The van der Waals surface area contributed by atoms with Crippen molar-refractivity contribution < 1.29 is 4.92 Å². The highest BCUT2D eigenvalue weighted by atomic mass is 127.